The van der Waals surface area contributed by atoms with E-state index in [9.17, 15) is 9.90 Å². The van der Waals surface area contributed by atoms with Crippen LogP contribution in [0.3, 0.4) is 0 Å². The molecule has 1 amide bonds. The Bertz CT molecular complexity index is 1560. The van der Waals surface area contributed by atoms with Crippen molar-refractivity contribution in [1.29, 1.82) is 0 Å². The highest BCUT2D eigenvalue weighted by Crippen LogP contribution is 2.34. The zero-order valence-corrected chi connectivity index (χ0v) is 20.0. The number of rotatable bonds is 4. The number of carbonyl (C=O) groups excluding carboxylic acids is 1. The summed E-state index contributed by atoms with van der Waals surface area (Å²) in [4.78, 5) is 25.2. The van der Waals surface area contributed by atoms with Crippen molar-refractivity contribution in [1.82, 2.24) is 34.3 Å². The van der Waals surface area contributed by atoms with Gasteiger partial charge in [0, 0.05) is 13.1 Å². The Hall–Kier alpha value is -4.25. The number of likely N-dealkylation sites (tertiary alicyclic amines) is 1. The Labute approximate surface area is 206 Å². The first-order valence-electron chi connectivity index (χ1n) is 11.8. The number of aromatic nitrogens is 6. The molecule has 184 valence electrons. The molecule has 4 aromatic heterocycles. The summed E-state index contributed by atoms with van der Waals surface area (Å²) in [6.07, 6.45) is 4.19. The van der Waals surface area contributed by atoms with Gasteiger partial charge in [-0.15, -0.1) is 5.10 Å². The van der Waals surface area contributed by atoms with Crippen LogP contribution in [0.25, 0.3) is 28.3 Å². The van der Waals surface area contributed by atoms with E-state index in [0.717, 1.165) is 5.56 Å². The maximum atomic E-state index is 14.2. The summed E-state index contributed by atoms with van der Waals surface area (Å²) < 4.78 is 8.50. The number of nitrogens with zero attached hydrogens (tertiary/aromatic N) is 7. The topological polar surface area (TPSA) is 141 Å². The zero-order chi connectivity index (χ0) is 25.1. The van der Waals surface area contributed by atoms with Gasteiger partial charge in [-0.2, -0.15) is 14.6 Å². The van der Waals surface area contributed by atoms with E-state index in [1.165, 1.54) is 4.52 Å². The van der Waals surface area contributed by atoms with Gasteiger partial charge in [0.2, 0.25) is 11.8 Å². The molecule has 0 aliphatic carbocycles. The summed E-state index contributed by atoms with van der Waals surface area (Å²) in [6, 6.07) is 13.0. The fourth-order valence-electron chi connectivity index (χ4n) is 4.85. The predicted molar refractivity (Wildman–Crippen MR) is 132 cm³/mol. The Kier molecular flexibility index (Phi) is 4.87. The van der Waals surface area contributed by atoms with Crippen molar-refractivity contribution in [3.63, 3.8) is 0 Å². The van der Waals surface area contributed by atoms with Crippen LogP contribution in [0.15, 0.2) is 59.3 Å². The number of hydrogen-bond acceptors (Lipinski definition) is 8. The lowest BCUT2D eigenvalue weighted by molar-refractivity contribution is -0.142. The van der Waals surface area contributed by atoms with Gasteiger partial charge >= 0.3 is 0 Å². The van der Waals surface area contributed by atoms with Crippen LogP contribution < -0.4 is 5.73 Å². The molecular weight excluding hydrogens is 460 g/mol. The minimum Gasteiger partial charge on any atom is -0.461 e. The number of aliphatic hydroxyl groups is 1. The molecule has 0 bridgehead atoms. The van der Waals surface area contributed by atoms with E-state index in [4.69, 9.17) is 10.2 Å². The van der Waals surface area contributed by atoms with Crippen LogP contribution in [0, 0.1) is 0 Å². The summed E-state index contributed by atoms with van der Waals surface area (Å²) >= 11 is 0. The van der Waals surface area contributed by atoms with Crippen LogP contribution in [0.1, 0.15) is 32.3 Å². The molecule has 5 heterocycles. The van der Waals surface area contributed by atoms with Gasteiger partial charge in [0.25, 0.3) is 5.91 Å². The highest BCUT2D eigenvalue weighted by atomic mass is 16.3. The summed E-state index contributed by atoms with van der Waals surface area (Å²) in [6.45, 7) is 4.54. The molecule has 1 atom stereocenters. The molecule has 1 aliphatic rings. The normalized spacial score (nSPS) is 17.5. The number of carbonyl (C=O) groups is 1. The molecule has 1 saturated heterocycles. The Morgan fingerprint density at radius 3 is 2.56 bits per heavy atom. The molecule has 1 fully saturated rings. The molecule has 6 rings (SSSR count). The third-order valence-corrected chi connectivity index (χ3v) is 7.07. The van der Waals surface area contributed by atoms with E-state index >= 15 is 0 Å². The number of fused-ring (bicyclic) bond motifs is 3. The first-order chi connectivity index (χ1) is 17.3. The number of nitrogens with two attached hydrogens (primary N) is 1. The molecule has 11 nitrogen and oxygen atoms in total. The molecule has 1 unspecified atom stereocenters. The van der Waals surface area contributed by atoms with Crippen molar-refractivity contribution in [3.8, 4) is 11.6 Å². The first kappa shape index (κ1) is 22.2. The monoisotopic (exact) mass is 486 g/mol. The number of amides is 1. The molecule has 5 aromatic rings. The summed E-state index contributed by atoms with van der Waals surface area (Å²) in [5, 5.41) is 20.1. The van der Waals surface area contributed by atoms with Crippen molar-refractivity contribution in [2.75, 3.05) is 18.8 Å². The lowest BCUT2D eigenvalue weighted by Crippen LogP contribution is -2.54. The standard InChI is InChI=1S/C25H26N8O3/c1-24(35)10-12-31(13-11-24)22(34)25(2,16-7-4-3-5-8-16)33-21-17(15-27-33)20-28-19(18-9-6-14-36-18)30-32(20)23(26)29-21/h3-9,14-15,35H,10-13H2,1-2H3,(H2,26,29). The van der Waals surface area contributed by atoms with E-state index < -0.39 is 11.1 Å². The number of nitrogen functional groups attached to an aromatic ring is 1. The van der Waals surface area contributed by atoms with Gasteiger partial charge in [-0.1, -0.05) is 30.3 Å². The van der Waals surface area contributed by atoms with Crippen molar-refractivity contribution < 1.29 is 14.3 Å². The molecule has 1 aliphatic heterocycles. The van der Waals surface area contributed by atoms with E-state index in [-0.39, 0.29) is 11.9 Å². The van der Waals surface area contributed by atoms with Gasteiger partial charge in [-0.05, 0) is 44.4 Å². The zero-order valence-electron chi connectivity index (χ0n) is 20.0. The van der Waals surface area contributed by atoms with Gasteiger partial charge in [0.1, 0.15) is 0 Å². The number of anilines is 1. The van der Waals surface area contributed by atoms with Crippen molar-refractivity contribution in [2.24, 2.45) is 0 Å². The van der Waals surface area contributed by atoms with Gasteiger partial charge in [-0.3, -0.25) is 4.79 Å². The van der Waals surface area contributed by atoms with E-state index in [0.29, 0.717) is 54.2 Å². The smallest absolute Gasteiger partial charge is 0.254 e. The minimum atomic E-state index is -1.21. The van der Waals surface area contributed by atoms with Gasteiger partial charge in [0.05, 0.1) is 23.4 Å². The fraction of sp³-hybridized carbons (Fsp3) is 0.320. The SMILES string of the molecule is CC1(O)CCN(C(=O)C(C)(c2ccccc2)n2ncc3c2nc(N)n2nc(-c4ccco4)nc32)CC1. The first-order valence-corrected chi connectivity index (χ1v) is 11.8. The molecule has 3 N–H and O–H groups in total. The summed E-state index contributed by atoms with van der Waals surface area (Å²) in [5.74, 6) is 0.855. The molecule has 11 heteroatoms. The van der Waals surface area contributed by atoms with E-state index in [2.05, 4.69) is 20.2 Å². The fourth-order valence-corrected chi connectivity index (χ4v) is 4.85. The number of piperidine rings is 1. The van der Waals surface area contributed by atoms with Crippen LogP contribution >= 0.6 is 0 Å². The Balaban J connectivity index is 1.52. The lowest BCUT2D eigenvalue weighted by Gasteiger charge is -2.40. The Morgan fingerprint density at radius 2 is 1.86 bits per heavy atom. The second-order valence-corrected chi connectivity index (χ2v) is 9.64. The van der Waals surface area contributed by atoms with Crippen LogP contribution in [0.4, 0.5) is 5.95 Å². The Morgan fingerprint density at radius 1 is 1.11 bits per heavy atom. The molecule has 0 radical (unpaired) electrons. The lowest BCUT2D eigenvalue weighted by atomic mass is 9.87. The average molecular weight is 487 g/mol. The van der Waals surface area contributed by atoms with Gasteiger partial charge < -0.3 is 20.2 Å². The largest absolute Gasteiger partial charge is 0.461 e. The van der Waals surface area contributed by atoms with Crippen molar-refractivity contribution >= 4 is 28.5 Å². The highest BCUT2D eigenvalue weighted by molar-refractivity contribution is 5.94. The van der Waals surface area contributed by atoms with Gasteiger partial charge in [-0.25, -0.2) is 9.67 Å². The number of benzene rings is 1. The third kappa shape index (κ3) is 3.34. The molecule has 1 aromatic carbocycles. The number of furan rings is 1. The maximum Gasteiger partial charge on any atom is 0.254 e. The van der Waals surface area contributed by atoms with Crippen LogP contribution in [-0.4, -0.2) is 64.0 Å². The molecular formula is C25H26N8O3. The van der Waals surface area contributed by atoms with Gasteiger partial charge in [0.15, 0.2) is 22.6 Å². The summed E-state index contributed by atoms with van der Waals surface area (Å²) in [7, 11) is 0. The van der Waals surface area contributed by atoms with Crippen molar-refractivity contribution in [3.05, 3.63) is 60.5 Å². The van der Waals surface area contributed by atoms with E-state index in [1.807, 2.05) is 37.3 Å². The predicted octanol–water partition coefficient (Wildman–Crippen LogP) is 2.45. The maximum absolute atomic E-state index is 14.2. The average Bonchev–Trinajstić information content (AvgIpc) is 3.63. The highest BCUT2D eigenvalue weighted by Gasteiger charge is 2.44. The van der Waals surface area contributed by atoms with Crippen molar-refractivity contribution in [2.45, 2.75) is 37.8 Å². The molecule has 36 heavy (non-hydrogen) atoms. The minimum absolute atomic E-state index is 0.112. The van der Waals surface area contributed by atoms with Crippen LogP contribution in [0.2, 0.25) is 0 Å². The summed E-state index contributed by atoms with van der Waals surface area (Å²) in [5.41, 5.74) is 5.95. The third-order valence-electron chi connectivity index (χ3n) is 7.07. The van der Waals surface area contributed by atoms with E-state index in [1.54, 1.807) is 41.1 Å². The van der Waals surface area contributed by atoms with Crippen LogP contribution in [-0.2, 0) is 10.3 Å². The molecule has 0 saturated carbocycles. The number of hydrogen-bond donors (Lipinski definition) is 2. The second-order valence-electron chi connectivity index (χ2n) is 9.64. The van der Waals surface area contributed by atoms with Crippen LogP contribution in [0.5, 0.6) is 0 Å². The molecule has 0 spiro atoms. The second kappa shape index (κ2) is 7.89. The quantitative estimate of drug-likeness (QED) is 0.395.